The summed E-state index contributed by atoms with van der Waals surface area (Å²) in [6, 6.07) is 7.83. The molecule has 2 heteroatoms. The summed E-state index contributed by atoms with van der Waals surface area (Å²) in [6.45, 7) is 4.21. The number of hydrogen-bond acceptors (Lipinski definition) is 1. The molecule has 0 aromatic heterocycles. The average Bonchev–Trinajstić information content (AvgIpc) is 2.03. The van der Waals surface area contributed by atoms with Gasteiger partial charge in [0.05, 0.1) is 14.1 Å². The second kappa shape index (κ2) is 3.48. The van der Waals surface area contributed by atoms with Gasteiger partial charge in [-0.1, -0.05) is 32.0 Å². The van der Waals surface area contributed by atoms with E-state index in [1.807, 2.05) is 24.3 Å². The van der Waals surface area contributed by atoms with E-state index in [9.17, 15) is 5.21 Å². The Morgan fingerprint density at radius 1 is 1.15 bits per heavy atom. The van der Waals surface area contributed by atoms with E-state index in [4.69, 9.17) is 0 Å². The van der Waals surface area contributed by atoms with E-state index < -0.39 is 0 Å². The Labute approximate surface area is 80.0 Å². The molecule has 1 aromatic rings. The Morgan fingerprint density at radius 2 is 1.69 bits per heavy atom. The van der Waals surface area contributed by atoms with Crippen LogP contribution in [-0.2, 0) is 0 Å². The van der Waals surface area contributed by atoms with Crippen LogP contribution in [0.1, 0.15) is 25.3 Å². The van der Waals surface area contributed by atoms with Gasteiger partial charge in [-0.05, 0) is 12.0 Å². The summed E-state index contributed by atoms with van der Waals surface area (Å²) >= 11 is 0. The first-order valence-corrected chi connectivity index (χ1v) is 4.57. The maximum atomic E-state index is 11.8. The number of hydroxylamine groups is 2. The molecule has 0 bridgehead atoms. The van der Waals surface area contributed by atoms with Gasteiger partial charge in [0.25, 0.3) is 0 Å². The first kappa shape index (κ1) is 10.2. The molecule has 0 saturated heterocycles. The standard InChI is InChI=1S/C11H17NO/c1-9(2)10-7-5-6-8-11(10)12(3,4)13/h5-9H,1-4H3. The van der Waals surface area contributed by atoms with Crippen LogP contribution in [0.3, 0.4) is 0 Å². The van der Waals surface area contributed by atoms with E-state index in [1.165, 1.54) is 0 Å². The van der Waals surface area contributed by atoms with Gasteiger partial charge in [0.15, 0.2) is 0 Å². The molecule has 0 unspecified atom stereocenters. The van der Waals surface area contributed by atoms with Crippen molar-refractivity contribution >= 4 is 5.69 Å². The Hall–Kier alpha value is -0.860. The van der Waals surface area contributed by atoms with E-state index in [2.05, 4.69) is 13.8 Å². The zero-order chi connectivity index (χ0) is 10.1. The van der Waals surface area contributed by atoms with Crippen LogP contribution in [0.15, 0.2) is 24.3 Å². The predicted octanol–water partition coefficient (Wildman–Crippen LogP) is 2.87. The first-order valence-electron chi connectivity index (χ1n) is 4.57. The Bertz CT molecular complexity index is 286. The molecule has 1 rings (SSSR count). The fraction of sp³-hybridized carbons (Fsp3) is 0.455. The quantitative estimate of drug-likeness (QED) is 0.505. The summed E-state index contributed by atoms with van der Waals surface area (Å²) in [5.41, 5.74) is 2.00. The minimum Gasteiger partial charge on any atom is -0.628 e. The lowest BCUT2D eigenvalue weighted by Gasteiger charge is -2.35. The van der Waals surface area contributed by atoms with Gasteiger partial charge in [-0.25, -0.2) is 0 Å². The van der Waals surface area contributed by atoms with Crippen LogP contribution < -0.4 is 4.65 Å². The largest absolute Gasteiger partial charge is 0.628 e. The average molecular weight is 179 g/mol. The van der Waals surface area contributed by atoms with Crippen LogP contribution in [0.5, 0.6) is 0 Å². The zero-order valence-electron chi connectivity index (χ0n) is 8.74. The highest BCUT2D eigenvalue weighted by atomic mass is 16.5. The topological polar surface area (TPSA) is 23.1 Å². The maximum absolute atomic E-state index is 11.8. The third kappa shape index (κ3) is 2.29. The normalized spacial score (nSPS) is 12.2. The Balaban J connectivity index is 3.20. The molecule has 0 spiro atoms. The van der Waals surface area contributed by atoms with Crippen LogP contribution in [0.2, 0.25) is 0 Å². The van der Waals surface area contributed by atoms with Crippen molar-refractivity contribution in [3.05, 3.63) is 35.0 Å². The molecule has 0 amide bonds. The molecular weight excluding hydrogens is 162 g/mol. The number of para-hydroxylation sites is 1. The number of quaternary nitrogens is 1. The summed E-state index contributed by atoms with van der Waals surface area (Å²) in [5.74, 6) is 0.405. The van der Waals surface area contributed by atoms with Gasteiger partial charge in [0.1, 0.15) is 5.69 Å². The van der Waals surface area contributed by atoms with E-state index in [1.54, 1.807) is 14.1 Å². The van der Waals surface area contributed by atoms with Crippen LogP contribution in [0.25, 0.3) is 0 Å². The summed E-state index contributed by atoms with van der Waals surface area (Å²) < 4.78 is -0.353. The van der Waals surface area contributed by atoms with Crippen molar-refractivity contribution in [3.63, 3.8) is 0 Å². The van der Waals surface area contributed by atoms with E-state index in [0.29, 0.717) is 5.92 Å². The van der Waals surface area contributed by atoms with Gasteiger partial charge in [-0.15, -0.1) is 0 Å². The Kier molecular flexibility index (Phi) is 2.74. The third-order valence-electron chi connectivity index (χ3n) is 2.14. The van der Waals surface area contributed by atoms with E-state index >= 15 is 0 Å². The SMILES string of the molecule is CC(C)c1ccccc1[N+](C)(C)[O-]. The van der Waals surface area contributed by atoms with Crippen molar-refractivity contribution in [2.24, 2.45) is 0 Å². The lowest BCUT2D eigenvalue weighted by molar-refractivity contribution is 0.534. The number of hydrogen-bond donors (Lipinski definition) is 0. The van der Waals surface area contributed by atoms with Crippen LogP contribution in [0.4, 0.5) is 5.69 Å². The molecule has 0 aliphatic heterocycles. The monoisotopic (exact) mass is 179 g/mol. The predicted molar refractivity (Wildman–Crippen MR) is 57.5 cm³/mol. The highest BCUT2D eigenvalue weighted by molar-refractivity contribution is 5.51. The molecule has 0 fully saturated rings. The second-order valence-electron chi connectivity index (χ2n) is 4.06. The molecule has 0 aliphatic rings. The highest BCUT2D eigenvalue weighted by Crippen LogP contribution is 2.28. The van der Waals surface area contributed by atoms with Gasteiger partial charge in [-0.2, -0.15) is 0 Å². The number of nitrogens with zero attached hydrogens (tertiary/aromatic N) is 1. The molecule has 0 heterocycles. The minimum atomic E-state index is -0.353. The lowest BCUT2D eigenvalue weighted by Crippen LogP contribution is -2.33. The summed E-state index contributed by atoms with van der Waals surface area (Å²) in [5, 5.41) is 11.8. The molecule has 1 aromatic carbocycles. The minimum absolute atomic E-state index is 0.353. The van der Waals surface area contributed by atoms with Crippen LogP contribution >= 0.6 is 0 Å². The zero-order valence-corrected chi connectivity index (χ0v) is 8.74. The van der Waals surface area contributed by atoms with Gasteiger partial charge < -0.3 is 9.85 Å². The van der Waals surface area contributed by atoms with E-state index in [-0.39, 0.29) is 4.65 Å². The van der Waals surface area contributed by atoms with Crippen molar-refractivity contribution in [3.8, 4) is 0 Å². The molecule has 0 N–H and O–H groups in total. The van der Waals surface area contributed by atoms with Gasteiger partial charge in [0.2, 0.25) is 0 Å². The van der Waals surface area contributed by atoms with Gasteiger partial charge in [-0.3, -0.25) is 0 Å². The summed E-state index contributed by atoms with van der Waals surface area (Å²) in [7, 11) is 3.31. The molecule has 72 valence electrons. The van der Waals surface area contributed by atoms with Crippen LogP contribution in [0, 0.1) is 5.21 Å². The fourth-order valence-electron chi connectivity index (χ4n) is 1.47. The van der Waals surface area contributed by atoms with Crippen molar-refractivity contribution in [2.45, 2.75) is 19.8 Å². The lowest BCUT2D eigenvalue weighted by atomic mass is 10.0. The van der Waals surface area contributed by atoms with E-state index in [0.717, 1.165) is 11.3 Å². The van der Waals surface area contributed by atoms with Crippen molar-refractivity contribution in [2.75, 3.05) is 14.1 Å². The summed E-state index contributed by atoms with van der Waals surface area (Å²) in [4.78, 5) is 0. The molecule has 0 aliphatic carbocycles. The first-order chi connectivity index (χ1) is 5.93. The summed E-state index contributed by atoms with van der Waals surface area (Å²) in [6.07, 6.45) is 0. The smallest absolute Gasteiger partial charge is 0.135 e. The molecule has 13 heavy (non-hydrogen) atoms. The Morgan fingerprint density at radius 3 is 2.08 bits per heavy atom. The molecule has 0 radical (unpaired) electrons. The highest BCUT2D eigenvalue weighted by Gasteiger charge is 2.14. The maximum Gasteiger partial charge on any atom is 0.135 e. The van der Waals surface area contributed by atoms with Gasteiger partial charge in [0, 0.05) is 5.56 Å². The molecule has 0 saturated carbocycles. The molecular formula is C11H17NO. The molecule has 2 nitrogen and oxygen atoms in total. The number of rotatable bonds is 2. The molecule has 0 atom stereocenters. The fourth-order valence-corrected chi connectivity index (χ4v) is 1.47. The van der Waals surface area contributed by atoms with Gasteiger partial charge >= 0.3 is 0 Å². The van der Waals surface area contributed by atoms with Crippen molar-refractivity contribution < 1.29 is 0 Å². The van der Waals surface area contributed by atoms with Crippen molar-refractivity contribution in [1.29, 1.82) is 0 Å². The van der Waals surface area contributed by atoms with Crippen LogP contribution in [-0.4, -0.2) is 14.1 Å². The van der Waals surface area contributed by atoms with Crippen molar-refractivity contribution in [1.82, 2.24) is 4.65 Å². The second-order valence-corrected chi connectivity index (χ2v) is 4.06. The number of benzene rings is 1. The third-order valence-corrected chi connectivity index (χ3v) is 2.14.